The van der Waals surface area contributed by atoms with E-state index in [4.69, 9.17) is 0 Å². The van der Waals surface area contributed by atoms with E-state index in [1.54, 1.807) is 12.1 Å². The third-order valence-corrected chi connectivity index (χ3v) is 3.61. The number of hydrogen-bond acceptors (Lipinski definition) is 4. The lowest BCUT2D eigenvalue weighted by molar-refractivity contribution is -0.384. The second-order valence-electron chi connectivity index (χ2n) is 5.13. The number of carbonyl (C=O) groups excluding carboxylic acids is 1. The van der Waals surface area contributed by atoms with E-state index < -0.39 is 4.92 Å². The highest BCUT2D eigenvalue weighted by Gasteiger charge is 2.22. The number of non-ortho nitro benzene ring substituents is 1. The summed E-state index contributed by atoms with van der Waals surface area (Å²) in [5.74, 6) is 0.00102. The van der Waals surface area contributed by atoms with E-state index in [9.17, 15) is 14.9 Å². The number of rotatable bonds is 4. The molecule has 1 aromatic carbocycles. The van der Waals surface area contributed by atoms with E-state index in [0.29, 0.717) is 6.54 Å². The molecule has 116 valence electrons. The largest absolute Gasteiger partial charge is 0.349 e. The van der Waals surface area contributed by atoms with Crippen LogP contribution in [0.3, 0.4) is 0 Å². The van der Waals surface area contributed by atoms with E-state index in [-0.39, 0.29) is 36.0 Å². The van der Waals surface area contributed by atoms with Crippen LogP contribution >= 0.6 is 12.4 Å². The number of nitro groups is 1. The zero-order valence-corrected chi connectivity index (χ0v) is 12.7. The van der Waals surface area contributed by atoms with Gasteiger partial charge in [-0.2, -0.15) is 0 Å². The molecule has 7 heteroatoms. The van der Waals surface area contributed by atoms with E-state index in [2.05, 4.69) is 10.6 Å². The van der Waals surface area contributed by atoms with Crippen molar-refractivity contribution in [1.82, 2.24) is 10.6 Å². The van der Waals surface area contributed by atoms with Crippen molar-refractivity contribution in [3.8, 4) is 0 Å². The van der Waals surface area contributed by atoms with Gasteiger partial charge in [0.2, 0.25) is 5.91 Å². The summed E-state index contributed by atoms with van der Waals surface area (Å²) >= 11 is 0. The van der Waals surface area contributed by atoms with Crippen LogP contribution < -0.4 is 10.6 Å². The second-order valence-corrected chi connectivity index (χ2v) is 5.13. The van der Waals surface area contributed by atoms with Gasteiger partial charge in [0.1, 0.15) is 0 Å². The summed E-state index contributed by atoms with van der Waals surface area (Å²) in [5.41, 5.74) is 0.791. The van der Waals surface area contributed by atoms with Crippen molar-refractivity contribution >= 4 is 24.0 Å². The highest BCUT2D eigenvalue weighted by molar-refractivity contribution is 5.85. The molecule has 1 amide bonds. The Morgan fingerprint density at radius 3 is 2.90 bits per heavy atom. The summed E-state index contributed by atoms with van der Waals surface area (Å²) in [7, 11) is 0. The molecular formula is C14H20ClN3O3. The Bertz CT molecular complexity index is 504. The summed E-state index contributed by atoms with van der Waals surface area (Å²) in [4.78, 5) is 22.4. The van der Waals surface area contributed by atoms with Gasteiger partial charge >= 0.3 is 0 Å². The molecule has 0 aromatic heterocycles. The number of benzene rings is 1. The zero-order valence-electron chi connectivity index (χ0n) is 11.9. The van der Waals surface area contributed by atoms with Gasteiger partial charge in [-0.3, -0.25) is 14.9 Å². The standard InChI is InChI=1S/C14H19N3O3.ClH/c1-10(11-4-2-6-13(8-11)17(19)20)16-14(18)12-5-3-7-15-9-12;/h2,4,6,8,10,12,15H,3,5,7,9H2,1H3,(H,16,18);1H/t10?,12-;/m1./s1. The van der Waals surface area contributed by atoms with Crippen LogP contribution in [0.5, 0.6) is 0 Å². The van der Waals surface area contributed by atoms with Gasteiger partial charge in [0.25, 0.3) is 5.69 Å². The predicted octanol–water partition coefficient (Wildman–Crippen LogP) is 2.19. The Labute approximate surface area is 129 Å². The van der Waals surface area contributed by atoms with Crippen molar-refractivity contribution in [3.05, 3.63) is 39.9 Å². The van der Waals surface area contributed by atoms with E-state index in [1.807, 2.05) is 6.92 Å². The van der Waals surface area contributed by atoms with Crippen molar-refractivity contribution in [3.63, 3.8) is 0 Å². The van der Waals surface area contributed by atoms with E-state index >= 15 is 0 Å². The highest BCUT2D eigenvalue weighted by Crippen LogP contribution is 2.20. The van der Waals surface area contributed by atoms with Crippen LogP contribution in [0, 0.1) is 16.0 Å². The van der Waals surface area contributed by atoms with Crippen LogP contribution in [0.2, 0.25) is 0 Å². The molecule has 1 heterocycles. The molecule has 0 aliphatic carbocycles. The third kappa shape index (κ3) is 4.68. The van der Waals surface area contributed by atoms with Crippen LogP contribution in [-0.2, 0) is 4.79 Å². The summed E-state index contributed by atoms with van der Waals surface area (Å²) in [6, 6.07) is 6.15. The lowest BCUT2D eigenvalue weighted by atomic mass is 9.98. The molecule has 0 spiro atoms. The molecule has 1 aliphatic heterocycles. The molecule has 0 radical (unpaired) electrons. The Morgan fingerprint density at radius 2 is 2.29 bits per heavy atom. The zero-order chi connectivity index (χ0) is 14.5. The average Bonchev–Trinajstić information content (AvgIpc) is 2.48. The molecule has 0 saturated carbocycles. The quantitative estimate of drug-likeness (QED) is 0.659. The first-order chi connectivity index (χ1) is 9.58. The van der Waals surface area contributed by atoms with Crippen LogP contribution in [0.4, 0.5) is 5.69 Å². The first kappa shape index (κ1) is 17.4. The molecule has 1 saturated heterocycles. The molecule has 1 aromatic rings. The predicted molar refractivity (Wildman–Crippen MR) is 82.5 cm³/mol. The van der Waals surface area contributed by atoms with Crippen molar-refractivity contribution in [2.45, 2.75) is 25.8 Å². The topological polar surface area (TPSA) is 84.3 Å². The molecule has 1 aliphatic rings. The van der Waals surface area contributed by atoms with Gasteiger partial charge in [0.15, 0.2) is 0 Å². The van der Waals surface area contributed by atoms with Crippen molar-refractivity contribution in [2.24, 2.45) is 5.92 Å². The Balaban J connectivity index is 0.00000220. The minimum Gasteiger partial charge on any atom is -0.349 e. The molecule has 21 heavy (non-hydrogen) atoms. The van der Waals surface area contributed by atoms with E-state index in [0.717, 1.165) is 24.9 Å². The van der Waals surface area contributed by atoms with Gasteiger partial charge in [-0.1, -0.05) is 12.1 Å². The number of halogens is 1. The normalized spacial score (nSPS) is 19.2. The smallest absolute Gasteiger partial charge is 0.269 e. The lowest BCUT2D eigenvalue weighted by Gasteiger charge is -2.24. The van der Waals surface area contributed by atoms with Crippen LogP contribution in [-0.4, -0.2) is 23.9 Å². The van der Waals surface area contributed by atoms with Crippen LogP contribution in [0.1, 0.15) is 31.4 Å². The molecule has 2 atom stereocenters. The summed E-state index contributed by atoms with van der Waals surface area (Å²) in [5, 5.41) is 16.9. The van der Waals surface area contributed by atoms with Crippen molar-refractivity contribution < 1.29 is 9.72 Å². The van der Waals surface area contributed by atoms with Gasteiger partial charge in [-0.05, 0) is 31.9 Å². The maximum Gasteiger partial charge on any atom is 0.269 e. The average molecular weight is 314 g/mol. The van der Waals surface area contributed by atoms with Crippen molar-refractivity contribution in [2.75, 3.05) is 13.1 Å². The van der Waals surface area contributed by atoms with Gasteiger partial charge in [-0.15, -0.1) is 12.4 Å². The minimum absolute atomic E-state index is 0. The fourth-order valence-corrected chi connectivity index (χ4v) is 2.40. The summed E-state index contributed by atoms with van der Waals surface area (Å²) in [6.45, 7) is 3.50. The Morgan fingerprint density at radius 1 is 1.52 bits per heavy atom. The first-order valence-electron chi connectivity index (χ1n) is 6.83. The number of nitrogens with zero attached hydrogens (tertiary/aromatic N) is 1. The Kier molecular flexibility index (Phi) is 6.58. The third-order valence-electron chi connectivity index (χ3n) is 3.61. The lowest BCUT2D eigenvalue weighted by Crippen LogP contribution is -2.41. The number of nitro benzene ring substituents is 1. The molecule has 0 bridgehead atoms. The van der Waals surface area contributed by atoms with Gasteiger partial charge < -0.3 is 10.6 Å². The van der Waals surface area contributed by atoms with Gasteiger partial charge in [0.05, 0.1) is 16.9 Å². The molecule has 1 fully saturated rings. The number of hydrogen-bond donors (Lipinski definition) is 2. The molecular weight excluding hydrogens is 294 g/mol. The highest BCUT2D eigenvalue weighted by atomic mass is 35.5. The summed E-state index contributed by atoms with van der Waals surface area (Å²) < 4.78 is 0. The van der Waals surface area contributed by atoms with Crippen LogP contribution in [0.25, 0.3) is 0 Å². The number of nitrogens with one attached hydrogen (secondary N) is 2. The second kappa shape index (κ2) is 7.95. The fraction of sp³-hybridized carbons (Fsp3) is 0.500. The summed E-state index contributed by atoms with van der Waals surface area (Å²) in [6.07, 6.45) is 1.89. The number of piperidine rings is 1. The van der Waals surface area contributed by atoms with Crippen LogP contribution in [0.15, 0.2) is 24.3 Å². The van der Waals surface area contributed by atoms with Gasteiger partial charge in [-0.25, -0.2) is 0 Å². The van der Waals surface area contributed by atoms with Crippen molar-refractivity contribution in [1.29, 1.82) is 0 Å². The maximum atomic E-state index is 12.1. The molecule has 6 nitrogen and oxygen atoms in total. The minimum atomic E-state index is -0.427. The Hall–Kier alpha value is -1.66. The molecule has 1 unspecified atom stereocenters. The molecule has 2 rings (SSSR count). The molecule has 2 N–H and O–H groups in total. The monoisotopic (exact) mass is 313 g/mol. The number of carbonyl (C=O) groups is 1. The van der Waals surface area contributed by atoms with E-state index in [1.165, 1.54) is 12.1 Å². The van der Waals surface area contributed by atoms with Gasteiger partial charge in [0, 0.05) is 18.7 Å². The number of amides is 1. The fourth-order valence-electron chi connectivity index (χ4n) is 2.40. The first-order valence-corrected chi connectivity index (χ1v) is 6.83. The SMILES string of the molecule is CC(NC(=O)[C@@H]1CCCNC1)c1cccc([N+](=O)[O-])c1.Cl. The maximum absolute atomic E-state index is 12.1.